The van der Waals surface area contributed by atoms with Crippen LogP contribution in [0, 0.1) is 24.2 Å². The van der Waals surface area contributed by atoms with Crippen LogP contribution in [-0.2, 0) is 16.3 Å². The van der Waals surface area contributed by atoms with Crippen LogP contribution in [0.5, 0.6) is 5.75 Å². The Bertz CT molecular complexity index is 919. The monoisotopic (exact) mass is 679 g/mol. The topological polar surface area (TPSA) is 29.5 Å². The molecular weight excluding hydrogens is 593 g/mol. The van der Waals surface area contributed by atoms with Crippen molar-refractivity contribution in [1.82, 2.24) is 0 Å². The van der Waals surface area contributed by atoms with E-state index in [1.807, 2.05) is 0 Å². The standard InChI is InChI=1S/C30H58O2Si2.2C6H14/c1-14-15-19-30(7,32-34(11,12)13)22-29(6,23-33(8,9)10)18-16-17-25-20-24(2)21-26(27(25)31)28(3,4)5;2*1-4-6(3)5-2/h20-21,31H,14-19,22-23H2,1-13H3;2*6H,4-5H2,1-3H3. The van der Waals surface area contributed by atoms with Crippen LogP contribution in [0.3, 0.4) is 0 Å². The average molecular weight is 679 g/mol. The fraction of sp³-hybridized carbons (Fsp3) is 0.857. The van der Waals surface area contributed by atoms with Gasteiger partial charge < -0.3 is 9.53 Å². The molecule has 0 bridgehead atoms. The van der Waals surface area contributed by atoms with E-state index >= 15 is 0 Å². The van der Waals surface area contributed by atoms with Crippen LogP contribution in [0.25, 0.3) is 0 Å². The van der Waals surface area contributed by atoms with E-state index in [0.29, 0.717) is 5.75 Å². The highest BCUT2D eigenvalue weighted by atomic mass is 28.4. The molecule has 2 atom stereocenters. The summed E-state index contributed by atoms with van der Waals surface area (Å²) in [7, 11) is -2.90. The molecule has 0 amide bonds. The number of aryl methyl sites for hydroxylation is 2. The smallest absolute Gasteiger partial charge is 0.184 e. The van der Waals surface area contributed by atoms with Gasteiger partial charge in [0.1, 0.15) is 5.75 Å². The Morgan fingerprint density at radius 2 is 1.22 bits per heavy atom. The SMILES string of the molecule is CCC(C)CC.CCC(C)CC.CCCCC(C)(CC(C)(CCCc1cc(C)cc(C(C)(C)C)c1O)C[Si](C)(C)C)O[Si](C)(C)C. The molecule has 1 N–H and O–H groups in total. The molecule has 0 aliphatic rings. The maximum absolute atomic E-state index is 11.1. The van der Waals surface area contributed by atoms with Crippen molar-refractivity contribution in [2.45, 2.75) is 217 Å². The number of benzene rings is 1. The number of aromatic hydroxyl groups is 1. The minimum absolute atomic E-state index is 0.0419. The lowest BCUT2D eigenvalue weighted by atomic mass is 9.75. The highest BCUT2D eigenvalue weighted by molar-refractivity contribution is 6.76. The van der Waals surface area contributed by atoms with Gasteiger partial charge in [0.05, 0.1) is 5.60 Å². The van der Waals surface area contributed by atoms with Crippen LogP contribution in [0.4, 0.5) is 0 Å². The zero-order chi connectivity index (χ0) is 36.6. The van der Waals surface area contributed by atoms with Crippen LogP contribution in [0.1, 0.15) is 164 Å². The van der Waals surface area contributed by atoms with E-state index in [1.165, 1.54) is 56.6 Å². The zero-order valence-corrected chi connectivity index (χ0v) is 37.2. The summed E-state index contributed by atoms with van der Waals surface area (Å²) in [4.78, 5) is 0. The lowest BCUT2D eigenvalue weighted by molar-refractivity contribution is 0.0192. The molecule has 1 aromatic rings. The highest BCUT2D eigenvalue weighted by Gasteiger charge is 2.40. The number of rotatable bonds is 17. The van der Waals surface area contributed by atoms with Crippen LogP contribution in [0.2, 0.25) is 45.3 Å². The lowest BCUT2D eigenvalue weighted by Crippen LogP contribution is -2.45. The first kappa shape index (κ1) is 47.5. The fourth-order valence-corrected chi connectivity index (χ4v) is 11.3. The van der Waals surface area contributed by atoms with E-state index in [2.05, 4.69) is 141 Å². The van der Waals surface area contributed by atoms with Gasteiger partial charge >= 0.3 is 0 Å². The van der Waals surface area contributed by atoms with Crippen LogP contribution >= 0.6 is 0 Å². The van der Waals surface area contributed by atoms with Crippen molar-refractivity contribution < 1.29 is 9.53 Å². The Morgan fingerprint density at radius 3 is 1.57 bits per heavy atom. The molecule has 0 fully saturated rings. The Kier molecular flexibility index (Phi) is 22.2. The second-order valence-corrected chi connectivity index (χ2v) is 28.7. The summed E-state index contributed by atoms with van der Waals surface area (Å²) >= 11 is 0. The summed E-state index contributed by atoms with van der Waals surface area (Å²) < 4.78 is 6.90. The third-order valence-electron chi connectivity index (χ3n) is 9.52. The average Bonchev–Trinajstić information content (AvgIpc) is 2.90. The van der Waals surface area contributed by atoms with Crippen molar-refractivity contribution >= 4 is 16.4 Å². The minimum Gasteiger partial charge on any atom is -0.507 e. The summed E-state index contributed by atoms with van der Waals surface area (Å²) in [6.07, 6.45) is 13.3. The predicted molar refractivity (Wildman–Crippen MR) is 217 cm³/mol. The molecular formula is C42H86O2Si2. The first-order valence-corrected chi connectivity index (χ1v) is 26.5. The first-order chi connectivity index (χ1) is 20.8. The number of phenolic OH excluding ortho intramolecular Hbond substituents is 1. The molecule has 0 saturated heterocycles. The molecule has 0 heterocycles. The van der Waals surface area contributed by atoms with Gasteiger partial charge in [-0.3, -0.25) is 0 Å². The predicted octanol–water partition coefficient (Wildman–Crippen LogP) is 14.7. The Balaban J connectivity index is 0. The van der Waals surface area contributed by atoms with Crippen molar-refractivity contribution in [3.05, 3.63) is 28.8 Å². The van der Waals surface area contributed by atoms with E-state index in [9.17, 15) is 5.11 Å². The van der Waals surface area contributed by atoms with E-state index in [0.717, 1.165) is 48.6 Å². The quantitative estimate of drug-likeness (QED) is 0.166. The van der Waals surface area contributed by atoms with Crippen molar-refractivity contribution in [1.29, 1.82) is 0 Å². The number of phenols is 1. The summed E-state index contributed by atoms with van der Waals surface area (Å²) in [5.74, 6) is 2.38. The molecule has 0 saturated carbocycles. The van der Waals surface area contributed by atoms with Crippen molar-refractivity contribution in [2.75, 3.05) is 0 Å². The molecule has 4 heteroatoms. The summed E-state index contributed by atoms with van der Waals surface area (Å²) in [5, 5.41) is 11.1. The Hall–Kier alpha value is -0.586. The van der Waals surface area contributed by atoms with E-state index in [4.69, 9.17) is 4.43 Å². The van der Waals surface area contributed by atoms with Gasteiger partial charge in [-0.05, 0) is 99.4 Å². The van der Waals surface area contributed by atoms with Gasteiger partial charge in [0.25, 0.3) is 0 Å². The highest BCUT2D eigenvalue weighted by Crippen LogP contribution is 2.45. The minimum atomic E-state index is -1.64. The van der Waals surface area contributed by atoms with Crippen LogP contribution < -0.4 is 0 Å². The van der Waals surface area contributed by atoms with Gasteiger partial charge in [-0.25, -0.2) is 0 Å². The van der Waals surface area contributed by atoms with Gasteiger partial charge in [-0.2, -0.15) is 0 Å². The fourth-order valence-electron chi connectivity index (χ4n) is 6.79. The molecule has 0 aliphatic carbocycles. The first-order valence-electron chi connectivity index (χ1n) is 19.3. The molecule has 0 aromatic heterocycles. The van der Waals surface area contributed by atoms with E-state index in [1.54, 1.807) is 0 Å². The normalized spacial score (nSPS) is 15.1. The number of hydrogen-bond donors (Lipinski definition) is 1. The van der Waals surface area contributed by atoms with E-state index < -0.39 is 16.4 Å². The summed E-state index contributed by atoms with van der Waals surface area (Å²) in [5.41, 5.74) is 3.61. The molecule has 0 radical (unpaired) electrons. The van der Waals surface area contributed by atoms with Gasteiger partial charge in [-0.15, -0.1) is 0 Å². The van der Waals surface area contributed by atoms with Crippen molar-refractivity contribution in [3.63, 3.8) is 0 Å². The van der Waals surface area contributed by atoms with Gasteiger partial charge in [0.2, 0.25) is 0 Å². The van der Waals surface area contributed by atoms with E-state index in [-0.39, 0.29) is 16.4 Å². The molecule has 0 spiro atoms. The molecule has 274 valence electrons. The lowest BCUT2D eigenvalue weighted by Gasteiger charge is -2.45. The summed E-state index contributed by atoms with van der Waals surface area (Å²) in [6.45, 7) is 43.9. The van der Waals surface area contributed by atoms with Crippen molar-refractivity contribution in [2.24, 2.45) is 17.3 Å². The molecule has 1 rings (SSSR count). The Labute approximate surface area is 293 Å². The zero-order valence-electron chi connectivity index (χ0n) is 35.2. The van der Waals surface area contributed by atoms with Crippen LogP contribution in [0.15, 0.2) is 12.1 Å². The third-order valence-corrected chi connectivity index (χ3v) is 12.5. The second-order valence-electron chi connectivity index (χ2n) is 18.8. The summed E-state index contributed by atoms with van der Waals surface area (Å²) in [6, 6.07) is 5.67. The molecule has 2 unspecified atom stereocenters. The van der Waals surface area contributed by atoms with Gasteiger partial charge in [-0.1, -0.05) is 158 Å². The van der Waals surface area contributed by atoms with Gasteiger partial charge in [0.15, 0.2) is 8.32 Å². The maximum Gasteiger partial charge on any atom is 0.184 e. The third kappa shape index (κ3) is 22.1. The number of hydrogen-bond acceptors (Lipinski definition) is 2. The van der Waals surface area contributed by atoms with Gasteiger partial charge in [0, 0.05) is 8.07 Å². The molecule has 1 aromatic carbocycles. The van der Waals surface area contributed by atoms with Crippen LogP contribution in [-0.4, -0.2) is 27.1 Å². The molecule has 2 nitrogen and oxygen atoms in total. The number of unbranched alkanes of at least 4 members (excludes halogenated alkanes) is 1. The molecule has 46 heavy (non-hydrogen) atoms. The van der Waals surface area contributed by atoms with Crippen molar-refractivity contribution in [3.8, 4) is 5.75 Å². The largest absolute Gasteiger partial charge is 0.507 e. The molecule has 0 aliphatic heterocycles. The Morgan fingerprint density at radius 1 is 0.739 bits per heavy atom. The maximum atomic E-state index is 11.1. The second kappa shape index (κ2) is 21.5.